The topological polar surface area (TPSA) is 40.5 Å². The van der Waals surface area contributed by atoms with Crippen molar-refractivity contribution in [2.24, 2.45) is 11.8 Å². The fraction of sp³-hybridized carbons (Fsp3) is 0.750. The number of hydrogen-bond donors (Lipinski definition) is 2. The first kappa shape index (κ1) is 6.38. The van der Waals surface area contributed by atoms with E-state index < -0.39 is 0 Å². The Morgan fingerprint density at radius 2 is 1.30 bits per heavy atom. The molecule has 0 amide bonds. The standard InChI is InChI=1S/C8H12O2/c9-7-4-6-2-1-5(7)3-8(6)10/h1-2,5-10H,3-4H2/t5-,6+,7-,8-/m1/s1. The fourth-order valence-corrected chi connectivity index (χ4v) is 1.92. The SMILES string of the molecule is O[C@@H]1C[C@@H]2C=C[C@@H]1C[C@H]2O. The zero-order valence-electron chi connectivity index (χ0n) is 5.77. The Kier molecular flexibility index (Phi) is 1.32. The van der Waals surface area contributed by atoms with Crippen molar-refractivity contribution >= 4 is 0 Å². The molecule has 0 heterocycles. The molecule has 0 aromatic rings. The summed E-state index contributed by atoms with van der Waals surface area (Å²) in [6, 6.07) is 0. The molecule has 2 bridgehead atoms. The zero-order chi connectivity index (χ0) is 7.14. The van der Waals surface area contributed by atoms with Gasteiger partial charge in [0.2, 0.25) is 0 Å². The molecule has 3 aliphatic carbocycles. The first-order valence-electron chi connectivity index (χ1n) is 3.82. The van der Waals surface area contributed by atoms with Crippen molar-refractivity contribution in [3.63, 3.8) is 0 Å². The fourth-order valence-electron chi connectivity index (χ4n) is 1.92. The van der Waals surface area contributed by atoms with Crippen molar-refractivity contribution < 1.29 is 10.2 Å². The number of fused-ring (bicyclic) bond motifs is 2. The summed E-state index contributed by atoms with van der Waals surface area (Å²) in [4.78, 5) is 0. The first-order valence-corrected chi connectivity index (χ1v) is 3.82. The van der Waals surface area contributed by atoms with Gasteiger partial charge in [-0.1, -0.05) is 12.2 Å². The summed E-state index contributed by atoms with van der Waals surface area (Å²) in [5.41, 5.74) is 0. The number of hydrogen-bond acceptors (Lipinski definition) is 2. The van der Waals surface area contributed by atoms with Crippen LogP contribution in [0.3, 0.4) is 0 Å². The maximum absolute atomic E-state index is 9.35. The van der Waals surface area contributed by atoms with Crippen LogP contribution in [-0.2, 0) is 0 Å². The monoisotopic (exact) mass is 140 g/mol. The van der Waals surface area contributed by atoms with Gasteiger partial charge in [0.05, 0.1) is 12.2 Å². The van der Waals surface area contributed by atoms with Crippen molar-refractivity contribution in [3.8, 4) is 0 Å². The minimum atomic E-state index is -0.196. The van der Waals surface area contributed by atoms with Crippen LogP contribution in [0.2, 0.25) is 0 Å². The second kappa shape index (κ2) is 2.07. The summed E-state index contributed by atoms with van der Waals surface area (Å²) in [6.45, 7) is 0. The highest BCUT2D eigenvalue weighted by Crippen LogP contribution is 2.36. The number of aliphatic hydroxyl groups is 2. The average molecular weight is 140 g/mol. The van der Waals surface area contributed by atoms with E-state index in [-0.39, 0.29) is 24.0 Å². The van der Waals surface area contributed by atoms with Gasteiger partial charge in [-0.25, -0.2) is 0 Å². The highest BCUT2D eigenvalue weighted by atomic mass is 16.3. The minimum Gasteiger partial charge on any atom is -0.392 e. The lowest BCUT2D eigenvalue weighted by Gasteiger charge is -2.38. The normalized spacial score (nSPS) is 51.8. The van der Waals surface area contributed by atoms with E-state index in [2.05, 4.69) is 0 Å². The van der Waals surface area contributed by atoms with Crippen LogP contribution < -0.4 is 0 Å². The van der Waals surface area contributed by atoms with Crippen LogP contribution in [0.1, 0.15) is 12.8 Å². The molecule has 56 valence electrons. The molecule has 3 aliphatic rings. The molecule has 2 N–H and O–H groups in total. The molecule has 1 fully saturated rings. The highest BCUT2D eigenvalue weighted by Gasteiger charge is 2.36. The quantitative estimate of drug-likeness (QED) is 0.475. The highest BCUT2D eigenvalue weighted by molar-refractivity contribution is 5.09. The smallest absolute Gasteiger partial charge is 0.0610 e. The third-order valence-corrected chi connectivity index (χ3v) is 2.62. The van der Waals surface area contributed by atoms with Crippen LogP contribution in [0.25, 0.3) is 0 Å². The molecule has 0 aromatic heterocycles. The summed E-state index contributed by atoms with van der Waals surface area (Å²) in [5, 5.41) is 18.7. The van der Waals surface area contributed by atoms with E-state index in [0.29, 0.717) is 0 Å². The molecule has 0 saturated heterocycles. The molecular weight excluding hydrogens is 128 g/mol. The molecule has 0 spiro atoms. The van der Waals surface area contributed by atoms with Crippen LogP contribution in [0.15, 0.2) is 12.2 Å². The van der Waals surface area contributed by atoms with Crippen LogP contribution in [0, 0.1) is 11.8 Å². The molecule has 2 nitrogen and oxygen atoms in total. The molecule has 1 saturated carbocycles. The van der Waals surface area contributed by atoms with Crippen LogP contribution >= 0.6 is 0 Å². The van der Waals surface area contributed by atoms with E-state index in [4.69, 9.17) is 0 Å². The Bertz CT molecular complexity index is 147. The van der Waals surface area contributed by atoms with Crippen molar-refractivity contribution in [3.05, 3.63) is 12.2 Å². The second-order valence-electron chi connectivity index (χ2n) is 3.32. The summed E-state index contributed by atoms with van der Waals surface area (Å²) in [7, 11) is 0. The summed E-state index contributed by atoms with van der Waals surface area (Å²) >= 11 is 0. The molecule has 10 heavy (non-hydrogen) atoms. The molecule has 3 rings (SSSR count). The lowest BCUT2D eigenvalue weighted by atomic mass is 9.72. The maximum Gasteiger partial charge on any atom is 0.0610 e. The third kappa shape index (κ3) is 0.796. The Balaban J connectivity index is 2.20. The van der Waals surface area contributed by atoms with Gasteiger partial charge in [-0.15, -0.1) is 0 Å². The van der Waals surface area contributed by atoms with Crippen molar-refractivity contribution in [1.82, 2.24) is 0 Å². The molecule has 2 heteroatoms. The van der Waals surface area contributed by atoms with E-state index in [1.54, 1.807) is 0 Å². The van der Waals surface area contributed by atoms with E-state index in [1.807, 2.05) is 12.2 Å². The van der Waals surface area contributed by atoms with Crippen LogP contribution in [0.5, 0.6) is 0 Å². The van der Waals surface area contributed by atoms with Gasteiger partial charge in [-0.05, 0) is 12.8 Å². The first-order chi connectivity index (χ1) is 4.77. The predicted octanol–water partition coefficient (Wildman–Crippen LogP) is 0.304. The molecule has 0 aliphatic heterocycles. The van der Waals surface area contributed by atoms with Gasteiger partial charge in [0, 0.05) is 11.8 Å². The van der Waals surface area contributed by atoms with Gasteiger partial charge < -0.3 is 10.2 Å². The third-order valence-electron chi connectivity index (χ3n) is 2.62. The summed E-state index contributed by atoms with van der Waals surface area (Å²) < 4.78 is 0. The van der Waals surface area contributed by atoms with Gasteiger partial charge >= 0.3 is 0 Å². The zero-order valence-corrected chi connectivity index (χ0v) is 5.77. The minimum absolute atomic E-state index is 0.196. The van der Waals surface area contributed by atoms with Gasteiger partial charge in [0.25, 0.3) is 0 Å². The maximum atomic E-state index is 9.35. The van der Waals surface area contributed by atoms with E-state index >= 15 is 0 Å². The Labute approximate surface area is 60.2 Å². The Hall–Kier alpha value is -0.340. The van der Waals surface area contributed by atoms with Crippen LogP contribution in [-0.4, -0.2) is 22.4 Å². The second-order valence-corrected chi connectivity index (χ2v) is 3.32. The van der Waals surface area contributed by atoms with Crippen molar-refractivity contribution in [2.75, 3.05) is 0 Å². The summed E-state index contributed by atoms with van der Waals surface area (Å²) in [5.74, 6) is 0.444. The predicted molar refractivity (Wildman–Crippen MR) is 37.4 cm³/mol. The van der Waals surface area contributed by atoms with Gasteiger partial charge in [0.15, 0.2) is 0 Å². The average Bonchev–Trinajstić information content (AvgIpc) is 1.91. The number of aliphatic hydroxyl groups excluding tert-OH is 2. The lowest BCUT2D eigenvalue weighted by molar-refractivity contribution is -0.0124. The van der Waals surface area contributed by atoms with Crippen molar-refractivity contribution in [2.45, 2.75) is 25.0 Å². The van der Waals surface area contributed by atoms with Gasteiger partial charge in [-0.2, -0.15) is 0 Å². The summed E-state index contributed by atoms with van der Waals surface area (Å²) in [6.07, 6.45) is 5.18. The van der Waals surface area contributed by atoms with E-state index in [0.717, 1.165) is 12.8 Å². The van der Waals surface area contributed by atoms with Gasteiger partial charge in [-0.3, -0.25) is 0 Å². The molecule has 0 aromatic carbocycles. The van der Waals surface area contributed by atoms with E-state index in [1.165, 1.54) is 0 Å². The van der Waals surface area contributed by atoms with E-state index in [9.17, 15) is 10.2 Å². The van der Waals surface area contributed by atoms with Gasteiger partial charge in [0.1, 0.15) is 0 Å². The molecule has 0 unspecified atom stereocenters. The largest absolute Gasteiger partial charge is 0.392 e. The lowest BCUT2D eigenvalue weighted by Crippen LogP contribution is -2.40. The Morgan fingerprint density at radius 1 is 0.900 bits per heavy atom. The van der Waals surface area contributed by atoms with Crippen LogP contribution in [0.4, 0.5) is 0 Å². The molecule has 4 atom stereocenters. The Morgan fingerprint density at radius 3 is 1.50 bits per heavy atom. The van der Waals surface area contributed by atoms with Crippen molar-refractivity contribution in [1.29, 1.82) is 0 Å². The number of rotatable bonds is 0. The molecular formula is C8H12O2. The molecule has 0 radical (unpaired) electrons.